The molecule has 3 saturated heterocycles. The minimum Gasteiger partial charge on any atom is -0.455 e. The fourth-order valence-corrected chi connectivity index (χ4v) is 3.49. The highest BCUT2D eigenvalue weighted by molar-refractivity contribution is 5.88. The van der Waals surface area contributed by atoms with Crippen LogP contribution in [0.2, 0.25) is 0 Å². The molecule has 7 heteroatoms. The predicted octanol–water partition coefficient (Wildman–Crippen LogP) is 0.366. The summed E-state index contributed by atoms with van der Waals surface area (Å²) < 4.78 is 21.2. The summed E-state index contributed by atoms with van der Waals surface area (Å²) in [5, 5.41) is 0. The Morgan fingerprint density at radius 3 is 2.64 bits per heavy atom. The molecule has 0 aromatic carbocycles. The fraction of sp³-hybridized carbons (Fsp3) is 0.667. The highest BCUT2D eigenvalue weighted by atomic mass is 16.7. The van der Waals surface area contributed by atoms with E-state index in [0.717, 1.165) is 0 Å². The Morgan fingerprint density at radius 2 is 2.00 bits per heavy atom. The van der Waals surface area contributed by atoms with Crippen LogP contribution in [0.25, 0.3) is 0 Å². The molecule has 3 fully saturated rings. The molecule has 0 aromatic heterocycles. The molecule has 7 nitrogen and oxygen atoms in total. The van der Waals surface area contributed by atoms with E-state index in [9.17, 15) is 14.4 Å². The number of hydrogen-bond acceptors (Lipinski definition) is 7. The molecule has 3 heterocycles. The first kappa shape index (κ1) is 15.0. The molecular weight excluding hydrogens is 292 g/mol. The lowest BCUT2D eigenvalue weighted by atomic mass is 9.68. The van der Waals surface area contributed by atoms with Crippen LogP contribution >= 0.6 is 0 Å². The molecule has 3 aliphatic heterocycles. The first-order valence-corrected chi connectivity index (χ1v) is 7.11. The van der Waals surface area contributed by atoms with E-state index in [2.05, 4.69) is 6.58 Å². The van der Waals surface area contributed by atoms with Crippen molar-refractivity contribution >= 4 is 17.9 Å². The lowest BCUT2D eigenvalue weighted by molar-refractivity contribution is -0.168. The third-order valence-electron chi connectivity index (χ3n) is 4.56. The molecule has 3 rings (SSSR count). The first-order chi connectivity index (χ1) is 10.2. The van der Waals surface area contributed by atoms with Gasteiger partial charge in [0.15, 0.2) is 18.8 Å². The zero-order valence-electron chi connectivity index (χ0n) is 12.7. The van der Waals surface area contributed by atoms with Crippen molar-refractivity contribution in [2.75, 3.05) is 6.61 Å². The van der Waals surface area contributed by atoms with Gasteiger partial charge >= 0.3 is 17.9 Å². The van der Waals surface area contributed by atoms with Gasteiger partial charge in [-0.1, -0.05) is 20.4 Å². The van der Waals surface area contributed by atoms with Gasteiger partial charge < -0.3 is 18.9 Å². The molecule has 0 spiro atoms. The van der Waals surface area contributed by atoms with E-state index in [1.54, 1.807) is 0 Å². The maximum absolute atomic E-state index is 11.9. The van der Waals surface area contributed by atoms with Gasteiger partial charge in [0.25, 0.3) is 0 Å². The molecular formula is C15H18O7. The minimum atomic E-state index is -0.703. The molecule has 0 aromatic rings. The van der Waals surface area contributed by atoms with E-state index in [-0.39, 0.29) is 23.6 Å². The number of fused-ring (bicyclic) bond motifs is 1. The number of carbonyl (C=O) groups excluding carboxylic acids is 3. The van der Waals surface area contributed by atoms with Crippen LogP contribution in [0, 0.1) is 11.3 Å². The highest BCUT2D eigenvalue weighted by Crippen LogP contribution is 2.57. The van der Waals surface area contributed by atoms with Crippen molar-refractivity contribution in [3.05, 3.63) is 12.2 Å². The van der Waals surface area contributed by atoms with Gasteiger partial charge in [-0.2, -0.15) is 0 Å². The summed E-state index contributed by atoms with van der Waals surface area (Å²) in [6, 6.07) is 0. The third-order valence-corrected chi connectivity index (χ3v) is 4.56. The lowest BCUT2D eigenvalue weighted by Crippen LogP contribution is -2.49. The minimum absolute atomic E-state index is 0.199. The van der Waals surface area contributed by atoms with Crippen LogP contribution in [0.4, 0.5) is 0 Å². The van der Waals surface area contributed by atoms with Crippen molar-refractivity contribution in [3.63, 3.8) is 0 Å². The summed E-state index contributed by atoms with van der Waals surface area (Å²) in [6.07, 6.45) is -2.02. The van der Waals surface area contributed by atoms with Crippen molar-refractivity contribution in [2.24, 2.45) is 11.3 Å². The van der Waals surface area contributed by atoms with Gasteiger partial charge in [-0.15, -0.1) is 0 Å². The topological polar surface area (TPSA) is 88.1 Å². The van der Waals surface area contributed by atoms with Crippen molar-refractivity contribution in [1.29, 1.82) is 0 Å². The molecule has 0 aliphatic carbocycles. The second-order valence-electron chi connectivity index (χ2n) is 6.53. The Morgan fingerprint density at radius 1 is 1.32 bits per heavy atom. The molecule has 3 aliphatic rings. The van der Waals surface area contributed by atoms with Crippen molar-refractivity contribution in [2.45, 2.75) is 45.2 Å². The molecule has 0 amide bonds. The molecule has 5 atom stereocenters. The summed E-state index contributed by atoms with van der Waals surface area (Å²) in [7, 11) is 0. The zero-order chi connectivity index (χ0) is 16.2. The number of esters is 3. The summed E-state index contributed by atoms with van der Waals surface area (Å²) >= 11 is 0. The van der Waals surface area contributed by atoms with Gasteiger partial charge in [0.1, 0.15) is 12.2 Å². The fourth-order valence-electron chi connectivity index (χ4n) is 3.49. The Balaban J connectivity index is 1.65. The molecule has 120 valence electrons. The predicted molar refractivity (Wildman–Crippen MR) is 71.5 cm³/mol. The van der Waals surface area contributed by atoms with Crippen LogP contribution in [0.15, 0.2) is 12.2 Å². The van der Waals surface area contributed by atoms with E-state index in [4.69, 9.17) is 18.9 Å². The molecule has 22 heavy (non-hydrogen) atoms. The zero-order valence-corrected chi connectivity index (χ0v) is 12.7. The summed E-state index contributed by atoms with van der Waals surface area (Å²) in [5.41, 5.74) is -0.265. The number of carbonyl (C=O) groups is 3. The monoisotopic (exact) mass is 310 g/mol. The molecule has 0 radical (unpaired) electrons. The molecule has 0 N–H and O–H groups in total. The Labute approximate surface area is 127 Å². The van der Waals surface area contributed by atoms with Gasteiger partial charge in [-0.25, -0.2) is 9.59 Å². The number of ether oxygens (including phenoxy) is 4. The van der Waals surface area contributed by atoms with E-state index in [1.807, 2.05) is 13.8 Å². The maximum Gasteiger partial charge on any atom is 0.344 e. The standard InChI is InChI=1S/C15H18O7/c1-6(2)13(17)19-5-7(16)20-11-10-9-8(14(18)22-10)15(3,4)12(11)21-9/h8-12H,1,5H2,2-4H3. The van der Waals surface area contributed by atoms with Gasteiger partial charge in [0, 0.05) is 11.0 Å². The van der Waals surface area contributed by atoms with Crippen LogP contribution < -0.4 is 0 Å². The normalized spacial score (nSPS) is 36.9. The van der Waals surface area contributed by atoms with E-state index in [1.165, 1.54) is 6.92 Å². The second-order valence-corrected chi connectivity index (χ2v) is 6.53. The van der Waals surface area contributed by atoms with Gasteiger partial charge in [0.05, 0.1) is 5.92 Å². The largest absolute Gasteiger partial charge is 0.455 e. The molecule has 2 bridgehead atoms. The summed E-state index contributed by atoms with van der Waals surface area (Å²) in [5.74, 6) is -1.99. The number of rotatable bonds is 4. The Bertz CT molecular complexity index is 564. The van der Waals surface area contributed by atoms with Crippen molar-refractivity contribution in [3.8, 4) is 0 Å². The van der Waals surface area contributed by atoms with Crippen LogP contribution in [0.3, 0.4) is 0 Å². The van der Waals surface area contributed by atoms with Gasteiger partial charge in [-0.3, -0.25) is 4.79 Å². The van der Waals surface area contributed by atoms with E-state index < -0.39 is 42.3 Å². The third kappa shape index (κ3) is 2.03. The smallest absolute Gasteiger partial charge is 0.344 e. The second kappa shape index (κ2) is 4.81. The quantitative estimate of drug-likeness (QED) is 0.421. The summed E-state index contributed by atoms with van der Waals surface area (Å²) in [6.45, 7) is 8.19. The summed E-state index contributed by atoms with van der Waals surface area (Å²) in [4.78, 5) is 35.0. The first-order valence-electron chi connectivity index (χ1n) is 7.11. The van der Waals surface area contributed by atoms with Gasteiger partial charge in [0.2, 0.25) is 0 Å². The van der Waals surface area contributed by atoms with Crippen molar-refractivity contribution in [1.82, 2.24) is 0 Å². The molecule has 0 saturated carbocycles. The SMILES string of the molecule is C=C(C)C(=O)OCC(=O)OC1C2OC(=O)C3C2OC1C3(C)C. The average Bonchev–Trinajstić information content (AvgIpc) is 2.99. The number of hydrogen-bond donors (Lipinski definition) is 0. The van der Waals surface area contributed by atoms with E-state index >= 15 is 0 Å². The Kier molecular flexibility index (Phi) is 3.28. The lowest BCUT2D eigenvalue weighted by Gasteiger charge is -2.33. The van der Waals surface area contributed by atoms with E-state index in [0.29, 0.717) is 0 Å². The molecule has 5 unspecified atom stereocenters. The van der Waals surface area contributed by atoms with Crippen LogP contribution in [-0.2, 0) is 33.3 Å². The highest BCUT2D eigenvalue weighted by Gasteiger charge is 2.73. The van der Waals surface area contributed by atoms with Crippen LogP contribution in [0.1, 0.15) is 20.8 Å². The average molecular weight is 310 g/mol. The maximum atomic E-state index is 11.9. The Hall–Kier alpha value is -1.89. The van der Waals surface area contributed by atoms with Gasteiger partial charge in [-0.05, 0) is 6.92 Å². The van der Waals surface area contributed by atoms with Crippen LogP contribution in [-0.4, -0.2) is 48.9 Å². The van der Waals surface area contributed by atoms with Crippen molar-refractivity contribution < 1.29 is 33.3 Å². The van der Waals surface area contributed by atoms with Crippen LogP contribution in [0.5, 0.6) is 0 Å².